The predicted molar refractivity (Wildman–Crippen MR) is 116 cm³/mol. The quantitative estimate of drug-likeness (QED) is 0.392. The molecule has 0 bridgehead atoms. The van der Waals surface area contributed by atoms with Crippen LogP contribution in [0.2, 0.25) is 0 Å². The molecule has 0 radical (unpaired) electrons. The molecule has 1 atom stereocenters. The summed E-state index contributed by atoms with van der Waals surface area (Å²) in [5.74, 6) is 0.983. The van der Waals surface area contributed by atoms with Crippen LogP contribution in [0.25, 0.3) is 17.1 Å². The Balaban J connectivity index is 1.85. The molecule has 8 heteroatoms. The van der Waals surface area contributed by atoms with Crippen molar-refractivity contribution in [1.29, 1.82) is 0 Å². The number of fused-ring (bicyclic) bond motifs is 1. The van der Waals surface area contributed by atoms with E-state index in [1.165, 1.54) is 6.20 Å². The molecule has 3 rings (SSSR count). The van der Waals surface area contributed by atoms with E-state index in [-0.39, 0.29) is 24.2 Å². The van der Waals surface area contributed by atoms with E-state index in [9.17, 15) is 9.90 Å². The number of methoxy groups -OCH3 is 2. The zero-order valence-corrected chi connectivity index (χ0v) is 17.1. The van der Waals surface area contributed by atoms with Crippen LogP contribution in [0.1, 0.15) is 24.1 Å². The summed E-state index contributed by atoms with van der Waals surface area (Å²) in [6.45, 7) is 5.53. The van der Waals surface area contributed by atoms with Gasteiger partial charge in [-0.25, -0.2) is 4.98 Å². The number of aromatic amines is 1. The average molecular weight is 408 g/mol. The Labute approximate surface area is 174 Å². The minimum Gasteiger partial charge on any atom is -0.506 e. The molecule has 0 saturated carbocycles. The second-order valence-corrected chi connectivity index (χ2v) is 6.69. The van der Waals surface area contributed by atoms with Crippen molar-refractivity contribution in [2.45, 2.75) is 13.0 Å². The third-order valence-corrected chi connectivity index (χ3v) is 4.71. The van der Waals surface area contributed by atoms with Crippen LogP contribution >= 0.6 is 0 Å². The third kappa shape index (κ3) is 4.43. The van der Waals surface area contributed by atoms with E-state index in [0.717, 1.165) is 11.1 Å². The molecular formula is C22H24N4O4. The molecule has 3 aromatic rings. The van der Waals surface area contributed by atoms with E-state index in [4.69, 9.17) is 9.47 Å². The maximum absolute atomic E-state index is 12.9. The number of rotatable bonds is 8. The van der Waals surface area contributed by atoms with Crippen LogP contribution in [-0.4, -0.2) is 48.5 Å². The highest BCUT2D eigenvalue weighted by Crippen LogP contribution is 2.30. The van der Waals surface area contributed by atoms with Gasteiger partial charge >= 0.3 is 0 Å². The molecule has 156 valence electrons. The van der Waals surface area contributed by atoms with Gasteiger partial charge in [-0.3, -0.25) is 9.79 Å². The van der Waals surface area contributed by atoms with Crippen molar-refractivity contribution in [3.8, 4) is 17.2 Å². The fourth-order valence-corrected chi connectivity index (χ4v) is 3.12. The molecule has 0 spiro atoms. The molecule has 2 aromatic heterocycles. The summed E-state index contributed by atoms with van der Waals surface area (Å²) in [5.41, 5.74) is 2.64. The molecule has 0 aliphatic carbocycles. The second kappa shape index (κ2) is 9.13. The molecular weight excluding hydrogens is 384 g/mol. The van der Waals surface area contributed by atoms with Gasteiger partial charge in [0.25, 0.3) is 0 Å². The maximum atomic E-state index is 12.9. The van der Waals surface area contributed by atoms with Crippen LogP contribution in [0.4, 0.5) is 0 Å². The maximum Gasteiger partial charge on any atom is 0.249 e. The molecule has 0 saturated heterocycles. The Bertz CT molecular complexity index is 1100. The number of ether oxygens (including phenoxy) is 2. The van der Waals surface area contributed by atoms with Crippen LogP contribution in [0.5, 0.6) is 17.2 Å². The Morgan fingerprint density at radius 3 is 2.80 bits per heavy atom. The second-order valence-electron chi connectivity index (χ2n) is 6.69. The Hall–Kier alpha value is -3.81. The Kier molecular flexibility index (Phi) is 6.36. The zero-order chi connectivity index (χ0) is 21.7. The molecule has 0 fully saturated rings. The number of nitrogens with one attached hydrogen (secondary N) is 2. The van der Waals surface area contributed by atoms with Gasteiger partial charge in [0.2, 0.25) is 5.91 Å². The highest BCUT2D eigenvalue weighted by Gasteiger charge is 2.16. The number of aliphatic imine (C=N–C) groups is 1. The van der Waals surface area contributed by atoms with Crippen molar-refractivity contribution in [2.75, 3.05) is 20.8 Å². The molecule has 0 aliphatic heterocycles. The van der Waals surface area contributed by atoms with E-state index in [1.807, 2.05) is 19.1 Å². The van der Waals surface area contributed by atoms with Crippen molar-refractivity contribution in [2.24, 2.45) is 4.99 Å². The zero-order valence-electron chi connectivity index (χ0n) is 17.1. The molecule has 3 N–H and O–H groups in total. The van der Waals surface area contributed by atoms with E-state index in [1.54, 1.807) is 38.6 Å². The highest BCUT2D eigenvalue weighted by molar-refractivity contribution is 6.01. The highest BCUT2D eigenvalue weighted by atomic mass is 16.5. The standard InChI is InChI=1S/C22H24N4O4/c1-13(14-5-6-19(29-3)20(8-14)30-4)26-22(28)16(10-23-2)7-15-11-24-21-18(15)9-17(27)12-25-21/h5-9,11-13,27H,2,10H2,1,3-4H3,(H,24,25)(H,26,28)/b16-7+/t13-/m1/s1. The van der Waals surface area contributed by atoms with Crippen LogP contribution in [0.15, 0.2) is 47.2 Å². The number of benzene rings is 1. The van der Waals surface area contributed by atoms with Crippen LogP contribution in [-0.2, 0) is 4.79 Å². The van der Waals surface area contributed by atoms with Gasteiger partial charge in [-0.2, -0.15) is 0 Å². The number of carbonyl (C=O) groups is 1. The lowest BCUT2D eigenvalue weighted by Gasteiger charge is -2.17. The number of carbonyl (C=O) groups excluding carboxylic acids is 1. The van der Waals surface area contributed by atoms with E-state index < -0.39 is 0 Å². The fraction of sp³-hybridized carbons (Fsp3) is 0.227. The average Bonchev–Trinajstić information content (AvgIpc) is 3.14. The molecule has 2 heterocycles. The van der Waals surface area contributed by atoms with Crippen LogP contribution in [0, 0.1) is 0 Å². The predicted octanol–water partition coefficient (Wildman–Crippen LogP) is 3.25. The Morgan fingerprint density at radius 1 is 1.33 bits per heavy atom. The summed E-state index contributed by atoms with van der Waals surface area (Å²) in [6.07, 6.45) is 4.80. The first-order valence-electron chi connectivity index (χ1n) is 9.28. The number of amides is 1. The minimum absolute atomic E-state index is 0.0478. The first-order valence-corrected chi connectivity index (χ1v) is 9.28. The number of H-pyrrole nitrogens is 1. The summed E-state index contributed by atoms with van der Waals surface area (Å²) in [7, 11) is 3.14. The van der Waals surface area contributed by atoms with E-state index in [0.29, 0.717) is 28.1 Å². The monoisotopic (exact) mass is 408 g/mol. The molecule has 0 aliphatic rings. The molecule has 30 heavy (non-hydrogen) atoms. The van der Waals surface area contributed by atoms with Crippen LogP contribution in [0.3, 0.4) is 0 Å². The van der Waals surface area contributed by atoms with Gasteiger partial charge in [-0.15, -0.1) is 0 Å². The number of pyridine rings is 1. The number of aromatic nitrogens is 2. The van der Waals surface area contributed by atoms with E-state index in [2.05, 4.69) is 27.0 Å². The van der Waals surface area contributed by atoms with E-state index >= 15 is 0 Å². The Morgan fingerprint density at radius 2 is 2.10 bits per heavy atom. The fourth-order valence-electron chi connectivity index (χ4n) is 3.12. The van der Waals surface area contributed by atoms with Gasteiger partial charge in [0, 0.05) is 22.7 Å². The minimum atomic E-state index is -0.279. The van der Waals surface area contributed by atoms with Crippen molar-refractivity contribution >= 4 is 29.7 Å². The lowest BCUT2D eigenvalue weighted by atomic mass is 10.1. The molecule has 1 aromatic carbocycles. The number of nitrogens with zero attached hydrogens (tertiary/aromatic N) is 2. The summed E-state index contributed by atoms with van der Waals surface area (Å²) >= 11 is 0. The van der Waals surface area contributed by atoms with Gasteiger partial charge in [0.05, 0.1) is 33.0 Å². The number of hydrogen-bond donors (Lipinski definition) is 3. The first kappa shape index (κ1) is 20.9. The summed E-state index contributed by atoms with van der Waals surface area (Å²) in [4.78, 5) is 23.9. The van der Waals surface area contributed by atoms with Crippen molar-refractivity contribution in [3.63, 3.8) is 0 Å². The van der Waals surface area contributed by atoms with Gasteiger partial charge in [-0.05, 0) is 43.5 Å². The van der Waals surface area contributed by atoms with Gasteiger partial charge < -0.3 is 24.9 Å². The third-order valence-electron chi connectivity index (χ3n) is 4.71. The van der Waals surface area contributed by atoms with Gasteiger partial charge in [-0.1, -0.05) is 6.07 Å². The molecule has 0 unspecified atom stereocenters. The van der Waals surface area contributed by atoms with Gasteiger partial charge in [0.15, 0.2) is 11.5 Å². The summed E-state index contributed by atoms with van der Waals surface area (Å²) in [6, 6.07) is 6.81. The SMILES string of the molecule is C=NC/C(=C\c1c[nH]c2ncc(O)cc12)C(=O)N[C@H](C)c1ccc(OC)c(OC)c1. The summed E-state index contributed by atoms with van der Waals surface area (Å²) in [5, 5.41) is 13.4. The smallest absolute Gasteiger partial charge is 0.249 e. The topological polar surface area (TPSA) is 109 Å². The summed E-state index contributed by atoms with van der Waals surface area (Å²) < 4.78 is 10.6. The van der Waals surface area contributed by atoms with Crippen molar-refractivity contribution < 1.29 is 19.4 Å². The first-order chi connectivity index (χ1) is 14.5. The molecule has 1 amide bonds. The number of aromatic hydroxyl groups is 1. The molecule has 8 nitrogen and oxygen atoms in total. The normalized spacial score (nSPS) is 12.4. The largest absolute Gasteiger partial charge is 0.506 e. The number of hydrogen-bond acceptors (Lipinski definition) is 6. The van der Waals surface area contributed by atoms with Gasteiger partial charge in [0.1, 0.15) is 11.4 Å². The lowest BCUT2D eigenvalue weighted by Crippen LogP contribution is -2.29. The van der Waals surface area contributed by atoms with Crippen LogP contribution < -0.4 is 14.8 Å². The lowest BCUT2D eigenvalue weighted by molar-refractivity contribution is -0.118. The van der Waals surface area contributed by atoms with Crippen molar-refractivity contribution in [1.82, 2.24) is 15.3 Å². The van der Waals surface area contributed by atoms with Crippen molar-refractivity contribution in [3.05, 3.63) is 53.4 Å².